The number of ketones is 1. The number of benzene rings is 3. The average Bonchev–Trinajstić information content (AvgIpc) is 2.81. The summed E-state index contributed by atoms with van der Waals surface area (Å²) >= 11 is 0. The van der Waals surface area contributed by atoms with E-state index < -0.39 is 10.5 Å². The van der Waals surface area contributed by atoms with Gasteiger partial charge in [0.2, 0.25) is 0 Å². The van der Waals surface area contributed by atoms with Gasteiger partial charge in [0.05, 0.1) is 17.6 Å². The van der Waals surface area contributed by atoms with E-state index >= 15 is 0 Å². The SMILES string of the molecule is COc1ccc([N+](=O)[O-])cc1C=C1C(=O)c2cc(OCc3ccccc3)ccc2OC1(C)C. The minimum atomic E-state index is -0.952. The first kappa shape index (κ1) is 22.1. The molecule has 0 radical (unpaired) electrons. The number of carbonyl (C=O) groups excluding carboxylic acids is 1. The Hall–Kier alpha value is -4.13. The van der Waals surface area contributed by atoms with Crippen molar-refractivity contribution in [1.29, 1.82) is 0 Å². The Bertz CT molecular complexity index is 1250. The fourth-order valence-electron chi connectivity index (χ4n) is 3.70. The highest BCUT2D eigenvalue weighted by molar-refractivity contribution is 6.15. The first-order valence-electron chi connectivity index (χ1n) is 10.4. The molecule has 3 aromatic carbocycles. The molecule has 0 N–H and O–H groups in total. The van der Waals surface area contributed by atoms with Crippen molar-refractivity contribution in [2.45, 2.75) is 26.1 Å². The van der Waals surface area contributed by atoms with Crippen molar-refractivity contribution in [3.8, 4) is 17.2 Å². The fraction of sp³-hybridized carbons (Fsp3) is 0.192. The zero-order chi connectivity index (χ0) is 23.6. The first-order valence-corrected chi connectivity index (χ1v) is 10.4. The van der Waals surface area contributed by atoms with E-state index in [0.29, 0.717) is 40.6 Å². The number of rotatable bonds is 6. The van der Waals surface area contributed by atoms with E-state index in [9.17, 15) is 14.9 Å². The molecule has 0 aromatic heterocycles. The first-order chi connectivity index (χ1) is 15.8. The van der Waals surface area contributed by atoms with E-state index in [1.807, 2.05) is 30.3 Å². The molecule has 0 saturated heterocycles. The maximum Gasteiger partial charge on any atom is 0.270 e. The normalized spacial score (nSPS) is 15.5. The quantitative estimate of drug-likeness (QED) is 0.278. The van der Waals surface area contributed by atoms with Crippen LogP contribution in [0.4, 0.5) is 5.69 Å². The van der Waals surface area contributed by atoms with Gasteiger partial charge in [0, 0.05) is 23.3 Å². The van der Waals surface area contributed by atoms with Gasteiger partial charge < -0.3 is 14.2 Å². The molecule has 168 valence electrons. The van der Waals surface area contributed by atoms with E-state index in [0.717, 1.165) is 5.56 Å². The number of carbonyl (C=O) groups is 1. The van der Waals surface area contributed by atoms with Gasteiger partial charge in [0.1, 0.15) is 29.5 Å². The summed E-state index contributed by atoms with van der Waals surface area (Å²) in [6, 6.07) is 19.1. The summed E-state index contributed by atoms with van der Waals surface area (Å²) in [5, 5.41) is 11.2. The number of nitrogens with zero attached hydrogens (tertiary/aromatic N) is 1. The number of hydrogen-bond donors (Lipinski definition) is 0. The van der Waals surface area contributed by atoms with E-state index in [1.165, 1.54) is 25.3 Å². The molecule has 0 saturated carbocycles. The number of nitro benzene ring substituents is 1. The second kappa shape index (κ2) is 8.78. The summed E-state index contributed by atoms with van der Waals surface area (Å²) in [4.78, 5) is 24.3. The summed E-state index contributed by atoms with van der Waals surface area (Å²) < 4.78 is 17.3. The molecular formula is C26H23NO6. The Morgan fingerprint density at radius 2 is 1.82 bits per heavy atom. The number of fused-ring (bicyclic) bond motifs is 1. The zero-order valence-corrected chi connectivity index (χ0v) is 18.5. The largest absolute Gasteiger partial charge is 0.496 e. The van der Waals surface area contributed by atoms with Crippen molar-refractivity contribution in [3.05, 3.63) is 99.1 Å². The third-order valence-electron chi connectivity index (χ3n) is 5.43. The van der Waals surface area contributed by atoms with Gasteiger partial charge in [0.15, 0.2) is 5.78 Å². The minimum absolute atomic E-state index is 0.0957. The van der Waals surface area contributed by atoms with Crippen LogP contribution in [0.15, 0.2) is 72.3 Å². The van der Waals surface area contributed by atoms with Gasteiger partial charge in [-0.3, -0.25) is 14.9 Å². The molecular weight excluding hydrogens is 422 g/mol. The summed E-state index contributed by atoms with van der Waals surface area (Å²) in [5.74, 6) is 1.18. The Labute approximate surface area is 191 Å². The topological polar surface area (TPSA) is 87.9 Å². The second-order valence-corrected chi connectivity index (χ2v) is 8.12. The van der Waals surface area contributed by atoms with Crippen molar-refractivity contribution in [3.63, 3.8) is 0 Å². The van der Waals surface area contributed by atoms with Crippen LogP contribution in [0.1, 0.15) is 35.3 Å². The monoisotopic (exact) mass is 445 g/mol. The molecule has 0 bridgehead atoms. The lowest BCUT2D eigenvalue weighted by atomic mass is 9.85. The molecule has 33 heavy (non-hydrogen) atoms. The molecule has 1 aliphatic rings. The number of ether oxygens (including phenoxy) is 3. The lowest BCUT2D eigenvalue weighted by Gasteiger charge is -2.34. The van der Waals surface area contributed by atoms with Crippen LogP contribution >= 0.6 is 0 Å². The van der Waals surface area contributed by atoms with Gasteiger partial charge >= 0.3 is 0 Å². The average molecular weight is 445 g/mol. The van der Waals surface area contributed by atoms with Gasteiger partial charge in [-0.2, -0.15) is 0 Å². The predicted molar refractivity (Wildman–Crippen MR) is 124 cm³/mol. The lowest BCUT2D eigenvalue weighted by molar-refractivity contribution is -0.384. The molecule has 3 aromatic rings. The van der Waals surface area contributed by atoms with E-state index in [-0.39, 0.29) is 11.5 Å². The summed E-state index contributed by atoms with van der Waals surface area (Å²) in [5.41, 5.74) is 1.11. The van der Waals surface area contributed by atoms with Gasteiger partial charge in [-0.25, -0.2) is 0 Å². The van der Waals surface area contributed by atoms with Crippen molar-refractivity contribution in [2.24, 2.45) is 0 Å². The molecule has 0 atom stereocenters. The van der Waals surface area contributed by atoms with Crippen LogP contribution < -0.4 is 14.2 Å². The Morgan fingerprint density at radius 3 is 2.52 bits per heavy atom. The van der Waals surface area contributed by atoms with Crippen LogP contribution in [-0.4, -0.2) is 23.4 Å². The van der Waals surface area contributed by atoms with Gasteiger partial charge in [-0.05, 0) is 49.8 Å². The van der Waals surface area contributed by atoms with Crippen molar-refractivity contribution in [1.82, 2.24) is 0 Å². The highest BCUT2D eigenvalue weighted by atomic mass is 16.6. The molecule has 0 spiro atoms. The Balaban J connectivity index is 1.70. The van der Waals surface area contributed by atoms with Crippen LogP contribution in [0.25, 0.3) is 6.08 Å². The molecule has 0 aliphatic carbocycles. The summed E-state index contributed by atoms with van der Waals surface area (Å²) in [6.07, 6.45) is 1.59. The number of methoxy groups -OCH3 is 1. The second-order valence-electron chi connectivity index (χ2n) is 8.12. The zero-order valence-electron chi connectivity index (χ0n) is 18.5. The molecule has 4 rings (SSSR count). The van der Waals surface area contributed by atoms with Crippen molar-refractivity contribution in [2.75, 3.05) is 7.11 Å². The minimum Gasteiger partial charge on any atom is -0.496 e. The third-order valence-corrected chi connectivity index (χ3v) is 5.43. The summed E-state index contributed by atoms with van der Waals surface area (Å²) in [7, 11) is 1.47. The third kappa shape index (κ3) is 4.57. The van der Waals surface area contributed by atoms with E-state index in [1.54, 1.807) is 38.1 Å². The summed E-state index contributed by atoms with van der Waals surface area (Å²) in [6.45, 7) is 3.93. The van der Waals surface area contributed by atoms with E-state index in [2.05, 4.69) is 0 Å². The number of nitro groups is 1. The van der Waals surface area contributed by atoms with Crippen LogP contribution in [0.5, 0.6) is 17.2 Å². The fourth-order valence-corrected chi connectivity index (χ4v) is 3.70. The van der Waals surface area contributed by atoms with E-state index in [4.69, 9.17) is 14.2 Å². The number of non-ortho nitro benzene ring substituents is 1. The molecule has 7 nitrogen and oxygen atoms in total. The predicted octanol–water partition coefficient (Wildman–Crippen LogP) is 5.62. The van der Waals surface area contributed by atoms with Gasteiger partial charge in [-0.15, -0.1) is 0 Å². The smallest absolute Gasteiger partial charge is 0.270 e. The molecule has 1 aliphatic heterocycles. The maximum absolute atomic E-state index is 13.5. The molecule has 1 heterocycles. The van der Waals surface area contributed by atoms with Crippen molar-refractivity contribution < 1.29 is 23.9 Å². The Morgan fingerprint density at radius 1 is 1.06 bits per heavy atom. The lowest BCUT2D eigenvalue weighted by Crippen LogP contribution is -2.39. The Kier molecular flexibility index (Phi) is 5.87. The number of hydrogen-bond acceptors (Lipinski definition) is 6. The van der Waals surface area contributed by atoms with Crippen LogP contribution in [0, 0.1) is 10.1 Å². The molecule has 0 unspecified atom stereocenters. The van der Waals surface area contributed by atoms with Crippen LogP contribution in [0.2, 0.25) is 0 Å². The van der Waals surface area contributed by atoms with Crippen molar-refractivity contribution >= 4 is 17.5 Å². The highest BCUT2D eigenvalue weighted by Crippen LogP contribution is 2.40. The highest BCUT2D eigenvalue weighted by Gasteiger charge is 2.38. The van der Waals surface area contributed by atoms with Gasteiger partial charge in [0.25, 0.3) is 5.69 Å². The number of Topliss-reactive ketones (excluding diaryl/α,β-unsaturated/α-hetero) is 1. The molecule has 0 fully saturated rings. The molecule has 7 heteroatoms. The van der Waals surface area contributed by atoms with Gasteiger partial charge in [-0.1, -0.05) is 30.3 Å². The standard InChI is InChI=1S/C26H23NO6/c1-26(2)22(14-18-13-19(27(29)30)9-11-23(18)31-3)25(28)21-15-20(10-12-24(21)33-26)32-16-17-7-5-4-6-8-17/h4-15H,16H2,1-3H3. The van der Waals surface area contributed by atoms with Crippen LogP contribution in [-0.2, 0) is 6.61 Å². The molecule has 0 amide bonds. The maximum atomic E-state index is 13.5. The van der Waals surface area contributed by atoms with Crippen LogP contribution in [0.3, 0.4) is 0 Å².